The lowest BCUT2D eigenvalue weighted by atomic mass is 10.2. The molecule has 0 aliphatic carbocycles. The van der Waals surface area contributed by atoms with Crippen molar-refractivity contribution >= 4 is 44.8 Å². The minimum absolute atomic E-state index is 0.0104. The fourth-order valence-electron chi connectivity index (χ4n) is 1.97. The molecular weight excluding hydrogens is 391 g/mol. The van der Waals surface area contributed by atoms with Gasteiger partial charge in [0.2, 0.25) is 15.9 Å². The molecule has 0 saturated heterocycles. The number of amides is 1. The third-order valence-electron chi connectivity index (χ3n) is 3.27. The van der Waals surface area contributed by atoms with Gasteiger partial charge in [0.05, 0.1) is 16.1 Å². The van der Waals surface area contributed by atoms with Crippen molar-refractivity contribution in [2.75, 3.05) is 12.4 Å². The van der Waals surface area contributed by atoms with Crippen LogP contribution in [0.25, 0.3) is 0 Å². The number of nitrogens with one attached hydrogen (secondary N) is 2. The molecule has 1 heterocycles. The summed E-state index contributed by atoms with van der Waals surface area (Å²) in [6.07, 6.45) is 1.15. The van der Waals surface area contributed by atoms with Crippen LogP contribution in [0.5, 0.6) is 0 Å². The molecule has 0 aliphatic rings. The van der Waals surface area contributed by atoms with E-state index in [-0.39, 0.29) is 20.6 Å². The lowest BCUT2D eigenvalue weighted by Crippen LogP contribution is -2.30. The number of halogens is 2. The van der Waals surface area contributed by atoms with E-state index in [1.807, 2.05) is 0 Å². The Morgan fingerprint density at radius 2 is 2.00 bits per heavy atom. The van der Waals surface area contributed by atoms with Gasteiger partial charge in [-0.2, -0.15) is 5.10 Å². The van der Waals surface area contributed by atoms with Crippen molar-refractivity contribution in [3.05, 3.63) is 50.4 Å². The summed E-state index contributed by atoms with van der Waals surface area (Å²) in [5, 5.41) is 5.99. The Kier molecular flexibility index (Phi) is 5.83. The van der Waals surface area contributed by atoms with Crippen molar-refractivity contribution in [1.29, 1.82) is 0 Å². The predicted octanol–water partition coefficient (Wildman–Crippen LogP) is 1.41. The molecule has 8 nitrogen and oxygen atoms in total. The molecule has 0 fully saturated rings. The Morgan fingerprint density at radius 1 is 1.32 bits per heavy atom. The van der Waals surface area contributed by atoms with E-state index in [1.165, 1.54) is 13.1 Å². The largest absolute Gasteiger partial charge is 0.324 e. The zero-order chi connectivity index (χ0) is 18.8. The fraction of sp³-hybridized carbons (Fsp3) is 0.214. The van der Waals surface area contributed by atoms with Crippen molar-refractivity contribution in [2.45, 2.75) is 18.4 Å². The quantitative estimate of drug-likeness (QED) is 0.782. The van der Waals surface area contributed by atoms with Crippen LogP contribution in [0.3, 0.4) is 0 Å². The Morgan fingerprint density at radius 3 is 2.64 bits per heavy atom. The van der Waals surface area contributed by atoms with E-state index in [9.17, 15) is 18.0 Å². The Hall–Kier alpha value is -1.94. The first-order chi connectivity index (χ1) is 11.7. The molecular formula is C14H14Cl2N4O4S. The molecule has 11 heteroatoms. The molecule has 0 spiro atoms. The van der Waals surface area contributed by atoms with Gasteiger partial charge in [0, 0.05) is 5.69 Å². The van der Waals surface area contributed by atoms with Gasteiger partial charge in [-0.05, 0) is 31.7 Å². The molecule has 0 aliphatic heterocycles. The molecule has 134 valence electrons. The highest BCUT2D eigenvalue weighted by atomic mass is 35.5. The van der Waals surface area contributed by atoms with Crippen molar-refractivity contribution in [1.82, 2.24) is 14.5 Å². The van der Waals surface area contributed by atoms with Gasteiger partial charge >= 0.3 is 0 Å². The molecule has 2 N–H and O–H groups in total. The molecule has 0 unspecified atom stereocenters. The standard InChI is InChI=1S/C14H14Cl2N4O4S/c1-8-3-4-9(5-11(8)25(23,24)17-2)19-12(21)7-20-14(22)13(16)10(15)6-18-20/h3-6,17H,7H2,1-2H3,(H,19,21). The van der Waals surface area contributed by atoms with Crippen LogP contribution in [0.2, 0.25) is 10.0 Å². The second kappa shape index (κ2) is 7.52. The summed E-state index contributed by atoms with van der Waals surface area (Å²) in [6.45, 7) is 1.23. The molecule has 2 rings (SSSR count). The number of rotatable bonds is 5. The van der Waals surface area contributed by atoms with Crippen molar-refractivity contribution in [2.24, 2.45) is 0 Å². The Labute approximate surface area is 153 Å². The molecule has 1 aromatic heterocycles. The van der Waals surface area contributed by atoms with Crippen LogP contribution in [-0.4, -0.2) is 31.2 Å². The second-order valence-corrected chi connectivity index (χ2v) is 7.65. The summed E-state index contributed by atoms with van der Waals surface area (Å²) in [5.74, 6) is -0.579. The van der Waals surface area contributed by atoms with Crippen LogP contribution < -0.4 is 15.6 Å². The molecule has 0 bridgehead atoms. The third-order valence-corrected chi connectivity index (χ3v) is 5.57. The van der Waals surface area contributed by atoms with Gasteiger partial charge < -0.3 is 5.32 Å². The third kappa shape index (κ3) is 4.37. The summed E-state index contributed by atoms with van der Waals surface area (Å²) in [6, 6.07) is 4.43. The van der Waals surface area contributed by atoms with Gasteiger partial charge in [-0.1, -0.05) is 29.3 Å². The summed E-state index contributed by atoms with van der Waals surface area (Å²) in [5.41, 5.74) is 0.0823. The normalized spacial score (nSPS) is 11.4. The highest BCUT2D eigenvalue weighted by Gasteiger charge is 2.16. The van der Waals surface area contributed by atoms with E-state index in [1.54, 1.807) is 19.1 Å². The van der Waals surface area contributed by atoms with Crippen LogP contribution in [0.1, 0.15) is 5.56 Å². The maximum atomic E-state index is 12.1. The van der Waals surface area contributed by atoms with E-state index in [2.05, 4.69) is 15.1 Å². The van der Waals surface area contributed by atoms with Crippen LogP contribution >= 0.6 is 23.2 Å². The SMILES string of the molecule is CNS(=O)(=O)c1cc(NC(=O)Cn2ncc(Cl)c(Cl)c2=O)ccc1C. The first-order valence-corrected chi connectivity index (χ1v) is 9.15. The topological polar surface area (TPSA) is 110 Å². The average Bonchev–Trinajstić information content (AvgIpc) is 2.57. The number of hydrogen-bond acceptors (Lipinski definition) is 5. The summed E-state index contributed by atoms with van der Waals surface area (Å²) >= 11 is 11.4. The van der Waals surface area contributed by atoms with Gasteiger partial charge in [-0.25, -0.2) is 17.8 Å². The zero-order valence-electron chi connectivity index (χ0n) is 13.2. The van der Waals surface area contributed by atoms with Crippen LogP contribution in [-0.2, 0) is 21.4 Å². The number of hydrogen-bond donors (Lipinski definition) is 2. The first kappa shape index (κ1) is 19.4. The molecule has 0 atom stereocenters. The maximum absolute atomic E-state index is 12.1. The van der Waals surface area contributed by atoms with Gasteiger partial charge in [0.15, 0.2) is 0 Å². The molecule has 1 amide bonds. The van der Waals surface area contributed by atoms with E-state index < -0.39 is 28.0 Å². The van der Waals surface area contributed by atoms with Crippen molar-refractivity contribution in [3.8, 4) is 0 Å². The number of aromatic nitrogens is 2. The highest BCUT2D eigenvalue weighted by molar-refractivity contribution is 7.89. The van der Waals surface area contributed by atoms with Crippen molar-refractivity contribution in [3.63, 3.8) is 0 Å². The monoisotopic (exact) mass is 404 g/mol. The molecule has 2 aromatic rings. The number of carbonyl (C=O) groups is 1. The van der Waals surface area contributed by atoms with Crippen LogP contribution in [0.4, 0.5) is 5.69 Å². The van der Waals surface area contributed by atoms with Crippen LogP contribution in [0, 0.1) is 6.92 Å². The zero-order valence-corrected chi connectivity index (χ0v) is 15.5. The molecule has 0 radical (unpaired) electrons. The predicted molar refractivity (Wildman–Crippen MR) is 94.6 cm³/mol. The second-order valence-electron chi connectivity index (χ2n) is 5.01. The van der Waals surface area contributed by atoms with E-state index in [4.69, 9.17) is 23.2 Å². The molecule has 1 aromatic carbocycles. The smallest absolute Gasteiger partial charge is 0.287 e. The highest BCUT2D eigenvalue weighted by Crippen LogP contribution is 2.20. The lowest BCUT2D eigenvalue weighted by molar-refractivity contribution is -0.117. The van der Waals surface area contributed by atoms with Gasteiger partial charge in [0.1, 0.15) is 11.6 Å². The number of nitrogens with zero attached hydrogens (tertiary/aromatic N) is 2. The van der Waals surface area contributed by atoms with Gasteiger partial charge in [-0.15, -0.1) is 0 Å². The summed E-state index contributed by atoms with van der Waals surface area (Å²) in [7, 11) is -2.37. The van der Waals surface area contributed by atoms with Crippen LogP contribution in [0.15, 0.2) is 34.1 Å². The average molecular weight is 405 g/mol. The first-order valence-electron chi connectivity index (χ1n) is 6.91. The summed E-state index contributed by atoms with van der Waals surface area (Å²) in [4.78, 5) is 24.0. The number of anilines is 1. The molecule has 0 saturated carbocycles. The number of benzene rings is 1. The minimum Gasteiger partial charge on any atom is -0.324 e. The minimum atomic E-state index is -3.66. The number of carbonyl (C=O) groups excluding carboxylic acids is 1. The molecule has 25 heavy (non-hydrogen) atoms. The summed E-state index contributed by atoms with van der Waals surface area (Å²) < 4.78 is 27.0. The maximum Gasteiger partial charge on any atom is 0.287 e. The van der Waals surface area contributed by atoms with E-state index in [0.717, 1.165) is 10.9 Å². The lowest BCUT2D eigenvalue weighted by Gasteiger charge is -2.11. The van der Waals surface area contributed by atoms with Gasteiger partial charge in [-0.3, -0.25) is 9.59 Å². The van der Waals surface area contributed by atoms with Crippen molar-refractivity contribution < 1.29 is 13.2 Å². The van der Waals surface area contributed by atoms with E-state index >= 15 is 0 Å². The number of sulfonamides is 1. The fourth-order valence-corrected chi connectivity index (χ4v) is 3.24. The Balaban J connectivity index is 2.23. The number of aryl methyl sites for hydroxylation is 1. The van der Waals surface area contributed by atoms with E-state index in [0.29, 0.717) is 5.56 Å². The van der Waals surface area contributed by atoms with Gasteiger partial charge in [0.25, 0.3) is 5.56 Å². The Bertz CT molecular complexity index is 989.